The zero-order chi connectivity index (χ0) is 17.8. The number of aromatic nitrogens is 3. The predicted molar refractivity (Wildman–Crippen MR) is 90.2 cm³/mol. The predicted octanol–water partition coefficient (Wildman–Crippen LogP) is 1.83. The number of aliphatic carboxylic acids is 1. The van der Waals surface area contributed by atoms with Crippen LogP contribution in [0.3, 0.4) is 0 Å². The minimum atomic E-state index is -0.786. The molecule has 0 spiro atoms. The molecule has 1 aromatic heterocycles. The van der Waals surface area contributed by atoms with Gasteiger partial charge in [-0.2, -0.15) is 0 Å². The van der Waals surface area contributed by atoms with Gasteiger partial charge >= 0.3 is 12.0 Å². The molecule has 25 heavy (non-hydrogen) atoms. The van der Waals surface area contributed by atoms with Crippen LogP contribution in [-0.2, 0) is 4.79 Å². The normalized spacial score (nSPS) is 16.4. The Morgan fingerprint density at radius 3 is 2.56 bits per heavy atom. The number of carbonyl (C=O) groups excluding carboxylic acids is 1. The van der Waals surface area contributed by atoms with Crippen molar-refractivity contribution >= 4 is 12.0 Å². The summed E-state index contributed by atoms with van der Waals surface area (Å²) in [5.74, 6) is -1.14. The number of nitrogens with zero attached hydrogens (tertiary/aromatic N) is 4. The van der Waals surface area contributed by atoms with Gasteiger partial charge in [0.1, 0.15) is 5.69 Å². The first-order valence-electron chi connectivity index (χ1n) is 8.30. The van der Waals surface area contributed by atoms with Crippen LogP contribution in [0.4, 0.5) is 4.79 Å². The third-order valence-corrected chi connectivity index (χ3v) is 4.45. The average molecular weight is 343 g/mol. The minimum absolute atomic E-state index is 0.203. The van der Waals surface area contributed by atoms with Gasteiger partial charge in [-0.25, -0.2) is 9.48 Å². The van der Waals surface area contributed by atoms with Gasteiger partial charge < -0.3 is 15.3 Å². The Labute approximate surface area is 145 Å². The van der Waals surface area contributed by atoms with Crippen LogP contribution in [0.1, 0.15) is 31.5 Å². The molecule has 1 fully saturated rings. The first-order valence-corrected chi connectivity index (χ1v) is 8.30. The molecular weight excluding hydrogens is 322 g/mol. The van der Waals surface area contributed by atoms with Gasteiger partial charge in [0.15, 0.2) is 0 Å². The van der Waals surface area contributed by atoms with E-state index in [1.54, 1.807) is 15.8 Å². The van der Waals surface area contributed by atoms with E-state index in [4.69, 9.17) is 5.11 Å². The van der Waals surface area contributed by atoms with Crippen molar-refractivity contribution in [2.45, 2.75) is 25.8 Å². The summed E-state index contributed by atoms with van der Waals surface area (Å²) < 4.78 is 1.66. The van der Waals surface area contributed by atoms with Gasteiger partial charge in [-0.3, -0.25) is 4.79 Å². The summed E-state index contributed by atoms with van der Waals surface area (Å²) in [5.41, 5.74) is 1.56. The highest BCUT2D eigenvalue weighted by Gasteiger charge is 2.27. The van der Waals surface area contributed by atoms with E-state index < -0.39 is 5.97 Å². The average Bonchev–Trinajstić information content (AvgIpc) is 3.13. The SMILES string of the molecule is CC(NC(=O)N1CCC(C(=O)O)CC1)c1cn(-c2ccccc2)nn1. The maximum Gasteiger partial charge on any atom is 0.317 e. The Morgan fingerprint density at radius 1 is 1.24 bits per heavy atom. The van der Waals surface area contributed by atoms with E-state index in [0.29, 0.717) is 31.6 Å². The van der Waals surface area contributed by atoms with Crippen molar-refractivity contribution in [2.75, 3.05) is 13.1 Å². The molecule has 0 aliphatic carbocycles. The summed E-state index contributed by atoms with van der Waals surface area (Å²) in [6, 6.07) is 9.12. The van der Waals surface area contributed by atoms with Gasteiger partial charge in [0.2, 0.25) is 0 Å². The van der Waals surface area contributed by atoms with Crippen molar-refractivity contribution in [1.29, 1.82) is 0 Å². The second kappa shape index (κ2) is 7.33. The molecule has 2 aromatic rings. The van der Waals surface area contributed by atoms with Gasteiger partial charge in [0.05, 0.1) is 23.8 Å². The van der Waals surface area contributed by atoms with Gasteiger partial charge in [0, 0.05) is 13.1 Å². The van der Waals surface area contributed by atoms with Crippen molar-refractivity contribution in [3.05, 3.63) is 42.2 Å². The topological polar surface area (TPSA) is 100 Å². The molecule has 0 bridgehead atoms. The van der Waals surface area contributed by atoms with Crippen LogP contribution in [0.2, 0.25) is 0 Å². The number of benzene rings is 1. The van der Waals surface area contributed by atoms with Crippen molar-refractivity contribution in [3.63, 3.8) is 0 Å². The standard InChI is InChI=1S/C17H21N5O3/c1-12(15-11-22(20-19-15)14-5-3-2-4-6-14)18-17(25)21-9-7-13(8-10-21)16(23)24/h2-6,11-13H,7-10H2,1H3,(H,18,25)(H,23,24). The highest BCUT2D eigenvalue weighted by molar-refractivity contribution is 5.75. The molecule has 8 nitrogen and oxygen atoms in total. The highest BCUT2D eigenvalue weighted by atomic mass is 16.4. The number of amides is 2. The van der Waals surface area contributed by atoms with Crippen LogP contribution in [0.25, 0.3) is 5.69 Å². The molecule has 0 saturated carbocycles. The van der Waals surface area contributed by atoms with Crippen LogP contribution in [0.5, 0.6) is 0 Å². The fourth-order valence-corrected chi connectivity index (χ4v) is 2.86. The minimum Gasteiger partial charge on any atom is -0.481 e. The van der Waals surface area contributed by atoms with E-state index in [-0.39, 0.29) is 18.0 Å². The second-order valence-electron chi connectivity index (χ2n) is 6.19. The van der Waals surface area contributed by atoms with Crippen molar-refractivity contribution in [2.24, 2.45) is 5.92 Å². The molecule has 1 saturated heterocycles. The number of rotatable bonds is 4. The Bertz CT molecular complexity index is 738. The number of hydrogen-bond donors (Lipinski definition) is 2. The lowest BCUT2D eigenvalue weighted by Crippen LogP contribution is -2.46. The zero-order valence-corrected chi connectivity index (χ0v) is 14.0. The maximum absolute atomic E-state index is 12.3. The first kappa shape index (κ1) is 16.9. The fraction of sp³-hybridized carbons (Fsp3) is 0.412. The summed E-state index contributed by atoms with van der Waals surface area (Å²) in [6.45, 7) is 2.75. The second-order valence-corrected chi connectivity index (χ2v) is 6.19. The summed E-state index contributed by atoms with van der Waals surface area (Å²) >= 11 is 0. The number of nitrogens with one attached hydrogen (secondary N) is 1. The van der Waals surface area contributed by atoms with Crippen molar-refractivity contribution in [1.82, 2.24) is 25.2 Å². The highest BCUT2D eigenvalue weighted by Crippen LogP contribution is 2.18. The first-order chi connectivity index (χ1) is 12.0. The number of piperidine rings is 1. The molecule has 1 aromatic carbocycles. The van der Waals surface area contributed by atoms with Gasteiger partial charge in [-0.05, 0) is 31.9 Å². The molecule has 2 heterocycles. The Balaban J connectivity index is 1.57. The summed E-state index contributed by atoms with van der Waals surface area (Å²) in [6.07, 6.45) is 2.76. The molecular formula is C17H21N5O3. The quantitative estimate of drug-likeness (QED) is 0.882. The Kier molecular flexibility index (Phi) is 4.97. The largest absolute Gasteiger partial charge is 0.481 e. The number of urea groups is 1. The third kappa shape index (κ3) is 3.96. The fourth-order valence-electron chi connectivity index (χ4n) is 2.86. The number of hydrogen-bond acceptors (Lipinski definition) is 4. The molecule has 0 radical (unpaired) electrons. The van der Waals surface area contributed by atoms with Crippen LogP contribution in [0.15, 0.2) is 36.5 Å². The molecule has 1 aliphatic heterocycles. The molecule has 1 atom stereocenters. The summed E-state index contributed by atoms with van der Waals surface area (Å²) in [5, 5.41) is 20.1. The van der Waals surface area contributed by atoms with Crippen LogP contribution >= 0.6 is 0 Å². The lowest BCUT2D eigenvalue weighted by molar-refractivity contribution is -0.143. The van der Waals surface area contributed by atoms with E-state index >= 15 is 0 Å². The van der Waals surface area contributed by atoms with E-state index in [0.717, 1.165) is 5.69 Å². The number of likely N-dealkylation sites (tertiary alicyclic amines) is 1. The Hall–Kier alpha value is -2.90. The van der Waals surface area contributed by atoms with Crippen LogP contribution < -0.4 is 5.32 Å². The van der Waals surface area contributed by atoms with Crippen molar-refractivity contribution < 1.29 is 14.7 Å². The van der Waals surface area contributed by atoms with Crippen LogP contribution in [0, 0.1) is 5.92 Å². The number of carbonyl (C=O) groups is 2. The summed E-state index contributed by atoms with van der Waals surface area (Å²) in [7, 11) is 0. The van der Waals surface area contributed by atoms with Crippen molar-refractivity contribution in [3.8, 4) is 5.69 Å². The number of para-hydroxylation sites is 1. The molecule has 1 unspecified atom stereocenters. The number of carboxylic acid groups (broad SMARTS) is 1. The number of carboxylic acids is 1. The third-order valence-electron chi connectivity index (χ3n) is 4.45. The smallest absolute Gasteiger partial charge is 0.317 e. The van der Waals surface area contributed by atoms with Crippen LogP contribution in [-0.4, -0.2) is 50.1 Å². The molecule has 2 amide bonds. The molecule has 2 N–H and O–H groups in total. The Morgan fingerprint density at radius 2 is 1.92 bits per heavy atom. The van der Waals surface area contributed by atoms with E-state index in [9.17, 15) is 9.59 Å². The molecule has 1 aliphatic rings. The maximum atomic E-state index is 12.3. The molecule has 8 heteroatoms. The zero-order valence-electron chi connectivity index (χ0n) is 14.0. The van der Waals surface area contributed by atoms with Gasteiger partial charge in [-0.15, -0.1) is 5.10 Å². The lowest BCUT2D eigenvalue weighted by atomic mass is 9.97. The van der Waals surface area contributed by atoms with E-state index in [2.05, 4.69) is 15.6 Å². The summed E-state index contributed by atoms with van der Waals surface area (Å²) in [4.78, 5) is 25.0. The lowest BCUT2D eigenvalue weighted by Gasteiger charge is -2.30. The van der Waals surface area contributed by atoms with Gasteiger partial charge in [0.25, 0.3) is 0 Å². The molecule has 132 valence electrons. The molecule has 3 rings (SSSR count). The monoisotopic (exact) mass is 343 g/mol. The van der Waals surface area contributed by atoms with E-state index in [1.807, 2.05) is 37.3 Å². The van der Waals surface area contributed by atoms with Gasteiger partial charge in [-0.1, -0.05) is 23.4 Å². The van der Waals surface area contributed by atoms with E-state index in [1.165, 1.54) is 0 Å².